The lowest BCUT2D eigenvalue weighted by atomic mass is 9.94. The van der Waals surface area contributed by atoms with Crippen LogP contribution in [0.3, 0.4) is 0 Å². The molecule has 0 spiro atoms. The van der Waals surface area contributed by atoms with Crippen molar-refractivity contribution < 1.29 is 9.21 Å². The maximum atomic E-state index is 13.2. The Morgan fingerprint density at radius 2 is 1.89 bits per heavy atom. The Labute approximate surface area is 160 Å². The molecule has 1 aliphatic rings. The summed E-state index contributed by atoms with van der Waals surface area (Å²) in [6, 6.07) is 18.5. The first kappa shape index (κ1) is 17.8. The van der Waals surface area contributed by atoms with Crippen LogP contribution in [-0.2, 0) is 6.54 Å². The number of para-hydroxylation sites is 1. The highest BCUT2D eigenvalue weighted by atomic mass is 16.3. The number of carbonyl (C=O) groups is 1. The van der Waals surface area contributed by atoms with Gasteiger partial charge < -0.3 is 14.2 Å². The number of fused-ring (bicyclic) bond motifs is 1. The van der Waals surface area contributed by atoms with Gasteiger partial charge in [0.05, 0.1) is 6.04 Å². The highest BCUT2D eigenvalue weighted by molar-refractivity contribution is 5.96. The summed E-state index contributed by atoms with van der Waals surface area (Å²) in [6.07, 6.45) is 3.19. The Kier molecular flexibility index (Phi) is 4.99. The first-order valence-electron chi connectivity index (χ1n) is 9.65. The van der Waals surface area contributed by atoms with E-state index >= 15 is 0 Å². The molecule has 1 aromatic heterocycles. The number of hydrogen-bond donors (Lipinski definition) is 0. The second kappa shape index (κ2) is 7.57. The monoisotopic (exact) mass is 362 g/mol. The van der Waals surface area contributed by atoms with E-state index in [-0.39, 0.29) is 11.9 Å². The molecule has 0 bridgehead atoms. The van der Waals surface area contributed by atoms with Gasteiger partial charge in [-0.25, -0.2) is 0 Å². The molecule has 3 aromatic rings. The second-order valence-corrected chi connectivity index (χ2v) is 7.64. The number of carbonyl (C=O) groups excluding carboxylic acids is 1. The highest BCUT2D eigenvalue weighted by Crippen LogP contribution is 2.33. The second-order valence-electron chi connectivity index (χ2n) is 7.64. The largest absolute Gasteiger partial charge is 0.451 e. The first-order chi connectivity index (χ1) is 13.1. The van der Waals surface area contributed by atoms with Gasteiger partial charge in [0.1, 0.15) is 5.58 Å². The van der Waals surface area contributed by atoms with E-state index in [9.17, 15) is 4.79 Å². The van der Waals surface area contributed by atoms with Gasteiger partial charge in [-0.1, -0.05) is 42.5 Å². The summed E-state index contributed by atoms with van der Waals surface area (Å²) < 4.78 is 5.83. The molecule has 2 aromatic carbocycles. The van der Waals surface area contributed by atoms with Crippen LogP contribution in [0, 0.1) is 0 Å². The lowest BCUT2D eigenvalue weighted by Gasteiger charge is -2.35. The molecule has 1 fully saturated rings. The minimum Gasteiger partial charge on any atom is -0.451 e. The van der Waals surface area contributed by atoms with Crippen LogP contribution in [0.15, 0.2) is 59.0 Å². The molecule has 4 nitrogen and oxygen atoms in total. The molecular formula is C23H26N2O2. The van der Waals surface area contributed by atoms with Crippen LogP contribution in [0.25, 0.3) is 11.0 Å². The normalized spacial score (nSPS) is 17.6. The van der Waals surface area contributed by atoms with Gasteiger partial charge in [-0.2, -0.15) is 0 Å². The minimum absolute atomic E-state index is 0.00623. The van der Waals surface area contributed by atoms with Crippen molar-refractivity contribution in [2.45, 2.75) is 31.8 Å². The summed E-state index contributed by atoms with van der Waals surface area (Å²) in [7, 11) is 4.14. The molecule has 1 atom stereocenters. The quantitative estimate of drug-likeness (QED) is 0.665. The van der Waals surface area contributed by atoms with E-state index < -0.39 is 0 Å². The molecule has 1 amide bonds. The molecule has 4 heteroatoms. The van der Waals surface area contributed by atoms with E-state index in [1.54, 1.807) is 0 Å². The average molecular weight is 362 g/mol. The zero-order valence-corrected chi connectivity index (χ0v) is 16.0. The number of nitrogens with zero attached hydrogens (tertiary/aromatic N) is 2. The van der Waals surface area contributed by atoms with Crippen molar-refractivity contribution in [1.82, 2.24) is 9.80 Å². The van der Waals surface area contributed by atoms with Gasteiger partial charge in [0.15, 0.2) is 5.76 Å². The van der Waals surface area contributed by atoms with Crippen molar-refractivity contribution in [3.8, 4) is 0 Å². The van der Waals surface area contributed by atoms with Crippen LogP contribution in [0.1, 0.15) is 47.0 Å². The Morgan fingerprint density at radius 1 is 1.11 bits per heavy atom. The summed E-state index contributed by atoms with van der Waals surface area (Å²) in [5, 5.41) is 0.974. The summed E-state index contributed by atoms with van der Waals surface area (Å²) in [6.45, 7) is 1.70. The Balaban J connectivity index is 1.59. The molecule has 1 aliphatic heterocycles. The fourth-order valence-electron chi connectivity index (χ4n) is 3.96. The van der Waals surface area contributed by atoms with Gasteiger partial charge in [0.2, 0.25) is 0 Å². The van der Waals surface area contributed by atoms with Gasteiger partial charge in [0.25, 0.3) is 5.91 Å². The van der Waals surface area contributed by atoms with E-state index in [0.717, 1.165) is 43.3 Å². The summed E-state index contributed by atoms with van der Waals surface area (Å²) in [5.74, 6) is 0.431. The Hall–Kier alpha value is -2.59. The zero-order chi connectivity index (χ0) is 18.8. The van der Waals surface area contributed by atoms with Crippen LogP contribution < -0.4 is 0 Å². The number of hydrogen-bond acceptors (Lipinski definition) is 3. The van der Waals surface area contributed by atoms with E-state index in [1.807, 2.05) is 35.2 Å². The predicted octanol–water partition coefficient (Wildman–Crippen LogP) is 4.86. The molecule has 0 aliphatic carbocycles. The standard InChI is InChI=1S/C23H26N2O2/c1-24(2)16-17-10-12-18(13-11-17)20-8-5-6-14-25(20)23(26)22-15-19-7-3-4-9-21(19)27-22/h3-4,7,9-13,15,20H,5-6,8,14,16H2,1-2H3/t20-/m0/s1. The number of benzene rings is 2. The van der Waals surface area contributed by atoms with Crippen molar-refractivity contribution in [2.75, 3.05) is 20.6 Å². The fraction of sp³-hybridized carbons (Fsp3) is 0.348. The van der Waals surface area contributed by atoms with Crippen molar-refractivity contribution in [1.29, 1.82) is 0 Å². The van der Waals surface area contributed by atoms with Gasteiger partial charge >= 0.3 is 0 Å². The Bertz CT molecular complexity index is 894. The van der Waals surface area contributed by atoms with Crippen molar-refractivity contribution in [3.05, 3.63) is 71.5 Å². The van der Waals surface area contributed by atoms with Crippen LogP contribution in [0.2, 0.25) is 0 Å². The number of amides is 1. The number of rotatable bonds is 4. The molecule has 0 saturated carbocycles. The number of likely N-dealkylation sites (tertiary alicyclic amines) is 1. The molecule has 140 valence electrons. The van der Waals surface area contributed by atoms with Crippen LogP contribution >= 0.6 is 0 Å². The summed E-state index contributed by atoms with van der Waals surface area (Å²) >= 11 is 0. The molecular weight excluding hydrogens is 336 g/mol. The minimum atomic E-state index is -0.00623. The van der Waals surface area contributed by atoms with Crippen LogP contribution in [-0.4, -0.2) is 36.3 Å². The molecule has 0 radical (unpaired) electrons. The lowest BCUT2D eigenvalue weighted by Crippen LogP contribution is -2.38. The lowest BCUT2D eigenvalue weighted by molar-refractivity contribution is 0.0581. The molecule has 2 heterocycles. The van der Waals surface area contributed by atoms with Crippen LogP contribution in [0.5, 0.6) is 0 Å². The van der Waals surface area contributed by atoms with Crippen molar-refractivity contribution in [2.24, 2.45) is 0 Å². The molecule has 4 rings (SSSR count). The predicted molar refractivity (Wildman–Crippen MR) is 108 cm³/mol. The smallest absolute Gasteiger partial charge is 0.290 e. The van der Waals surface area contributed by atoms with Crippen molar-refractivity contribution in [3.63, 3.8) is 0 Å². The highest BCUT2D eigenvalue weighted by Gasteiger charge is 2.30. The van der Waals surface area contributed by atoms with E-state index in [1.165, 1.54) is 11.1 Å². The number of furan rings is 1. The van der Waals surface area contributed by atoms with E-state index in [4.69, 9.17) is 4.42 Å². The van der Waals surface area contributed by atoms with E-state index in [2.05, 4.69) is 43.3 Å². The van der Waals surface area contributed by atoms with Crippen LogP contribution in [0.4, 0.5) is 0 Å². The third-order valence-electron chi connectivity index (χ3n) is 5.26. The van der Waals surface area contributed by atoms with Gasteiger partial charge in [-0.3, -0.25) is 4.79 Å². The molecule has 0 N–H and O–H groups in total. The maximum Gasteiger partial charge on any atom is 0.290 e. The van der Waals surface area contributed by atoms with E-state index in [0.29, 0.717) is 5.76 Å². The first-order valence-corrected chi connectivity index (χ1v) is 9.65. The molecule has 27 heavy (non-hydrogen) atoms. The molecule has 0 unspecified atom stereocenters. The Morgan fingerprint density at radius 3 is 2.63 bits per heavy atom. The third kappa shape index (κ3) is 3.76. The fourth-order valence-corrected chi connectivity index (χ4v) is 3.96. The SMILES string of the molecule is CN(C)Cc1ccc([C@@H]2CCCCN2C(=O)c2cc3ccccc3o2)cc1. The number of piperidine rings is 1. The maximum absolute atomic E-state index is 13.2. The van der Waals surface area contributed by atoms with Gasteiger partial charge in [0, 0.05) is 18.5 Å². The van der Waals surface area contributed by atoms with Gasteiger partial charge in [-0.15, -0.1) is 0 Å². The average Bonchev–Trinajstić information content (AvgIpc) is 3.12. The van der Waals surface area contributed by atoms with Crippen molar-refractivity contribution >= 4 is 16.9 Å². The zero-order valence-electron chi connectivity index (χ0n) is 16.0. The van der Waals surface area contributed by atoms with Gasteiger partial charge in [-0.05, 0) is 56.6 Å². The third-order valence-corrected chi connectivity index (χ3v) is 5.26. The summed E-state index contributed by atoms with van der Waals surface area (Å²) in [5.41, 5.74) is 3.26. The topological polar surface area (TPSA) is 36.7 Å². The summed E-state index contributed by atoms with van der Waals surface area (Å²) in [4.78, 5) is 17.3. The molecule has 1 saturated heterocycles.